The van der Waals surface area contributed by atoms with E-state index in [1.165, 1.54) is 0 Å². The van der Waals surface area contributed by atoms with Gasteiger partial charge in [0.15, 0.2) is 0 Å². The molecule has 0 amide bonds. The first kappa shape index (κ1) is 14.0. The molecule has 0 aliphatic heterocycles. The van der Waals surface area contributed by atoms with Crippen molar-refractivity contribution >= 4 is 15.9 Å². The van der Waals surface area contributed by atoms with Crippen molar-refractivity contribution in [1.82, 2.24) is 15.5 Å². The van der Waals surface area contributed by atoms with Crippen LogP contribution in [0, 0.1) is 0 Å². The highest BCUT2D eigenvalue weighted by atomic mass is 79.9. The molecule has 2 rings (SSSR count). The van der Waals surface area contributed by atoms with E-state index in [9.17, 15) is 13.2 Å². The summed E-state index contributed by atoms with van der Waals surface area (Å²) in [7, 11) is 0. The summed E-state index contributed by atoms with van der Waals surface area (Å²) in [5, 5.41) is 5.90. The summed E-state index contributed by atoms with van der Waals surface area (Å²) in [6.45, 7) is -1.22. The summed E-state index contributed by atoms with van der Waals surface area (Å²) >= 11 is 3.30. The molecule has 1 aromatic heterocycles. The molecule has 0 spiro atoms. The summed E-state index contributed by atoms with van der Waals surface area (Å²) in [6, 6.07) is 7.18. The van der Waals surface area contributed by atoms with E-state index in [1.54, 1.807) is 12.1 Å². The zero-order valence-corrected chi connectivity index (χ0v) is 11.1. The Labute approximate surface area is 115 Å². The number of hydrogen-bond acceptors (Lipinski definition) is 4. The molecule has 1 heterocycles. The summed E-state index contributed by atoms with van der Waals surface area (Å²) in [5.74, 6) is 0.457. The van der Waals surface area contributed by atoms with Crippen LogP contribution in [0.4, 0.5) is 13.2 Å². The lowest BCUT2D eigenvalue weighted by Gasteiger charge is -2.05. The van der Waals surface area contributed by atoms with E-state index in [-0.39, 0.29) is 12.4 Å². The lowest BCUT2D eigenvalue weighted by molar-refractivity contribution is -0.125. The van der Waals surface area contributed by atoms with Crippen molar-refractivity contribution < 1.29 is 17.7 Å². The Morgan fingerprint density at radius 1 is 1.21 bits per heavy atom. The number of halogens is 4. The average Bonchev–Trinajstić information content (AvgIpc) is 2.77. The zero-order valence-electron chi connectivity index (χ0n) is 9.54. The Balaban J connectivity index is 1.97. The van der Waals surface area contributed by atoms with Crippen LogP contribution in [0.5, 0.6) is 0 Å². The fourth-order valence-electron chi connectivity index (χ4n) is 1.35. The zero-order chi connectivity index (χ0) is 13.9. The van der Waals surface area contributed by atoms with Gasteiger partial charge in [0.25, 0.3) is 0 Å². The number of benzene rings is 1. The van der Waals surface area contributed by atoms with Gasteiger partial charge in [-0.3, -0.25) is 0 Å². The van der Waals surface area contributed by atoms with E-state index in [2.05, 4.69) is 31.4 Å². The van der Waals surface area contributed by atoms with Crippen molar-refractivity contribution in [3.63, 3.8) is 0 Å². The summed E-state index contributed by atoms with van der Waals surface area (Å²) in [5.41, 5.74) is 0.731. The first-order chi connectivity index (χ1) is 8.94. The molecule has 0 aliphatic carbocycles. The molecule has 8 heteroatoms. The molecule has 2 aromatic rings. The van der Waals surface area contributed by atoms with Crippen LogP contribution in [0.25, 0.3) is 11.4 Å². The van der Waals surface area contributed by atoms with Crippen LogP contribution in [-0.2, 0) is 6.54 Å². The fourth-order valence-corrected chi connectivity index (χ4v) is 1.62. The maximum Gasteiger partial charge on any atom is 0.401 e. The Morgan fingerprint density at radius 3 is 2.53 bits per heavy atom. The highest BCUT2D eigenvalue weighted by Crippen LogP contribution is 2.19. The number of hydrogen-bond donors (Lipinski definition) is 1. The molecule has 0 atom stereocenters. The van der Waals surface area contributed by atoms with Crippen LogP contribution in [0.3, 0.4) is 0 Å². The molecule has 1 aromatic carbocycles. The predicted octanol–water partition coefficient (Wildman–Crippen LogP) is 3.15. The SMILES string of the molecule is FC(F)(F)CNCc1nc(-c2ccc(Br)cc2)no1. The van der Waals surface area contributed by atoms with Gasteiger partial charge in [0, 0.05) is 10.0 Å². The molecule has 1 N–H and O–H groups in total. The molecule has 0 aliphatic rings. The van der Waals surface area contributed by atoms with Gasteiger partial charge in [0.05, 0.1) is 13.1 Å². The van der Waals surface area contributed by atoms with E-state index in [0.29, 0.717) is 5.82 Å². The molecule has 0 radical (unpaired) electrons. The molecule has 4 nitrogen and oxygen atoms in total. The topological polar surface area (TPSA) is 51.0 Å². The highest BCUT2D eigenvalue weighted by Gasteiger charge is 2.26. The number of rotatable bonds is 4. The maximum atomic E-state index is 11.9. The standard InChI is InChI=1S/C11H9BrF3N3O/c12-8-3-1-7(2-4-8)10-17-9(19-18-10)5-16-6-11(13,14)15/h1-4,16H,5-6H2. The van der Waals surface area contributed by atoms with Crippen molar-refractivity contribution in [2.75, 3.05) is 6.54 Å². The second-order valence-electron chi connectivity index (χ2n) is 3.74. The predicted molar refractivity (Wildman–Crippen MR) is 65.2 cm³/mol. The molecule has 0 saturated carbocycles. The highest BCUT2D eigenvalue weighted by molar-refractivity contribution is 9.10. The largest absolute Gasteiger partial charge is 0.401 e. The monoisotopic (exact) mass is 335 g/mol. The minimum atomic E-state index is -4.26. The Morgan fingerprint density at radius 2 is 1.89 bits per heavy atom. The van der Waals surface area contributed by atoms with Crippen molar-refractivity contribution in [2.24, 2.45) is 0 Å². The van der Waals surface area contributed by atoms with Gasteiger partial charge in [0.2, 0.25) is 11.7 Å². The summed E-state index contributed by atoms with van der Waals surface area (Å²) < 4.78 is 41.6. The second kappa shape index (κ2) is 5.70. The van der Waals surface area contributed by atoms with E-state index in [4.69, 9.17) is 4.52 Å². The van der Waals surface area contributed by atoms with E-state index >= 15 is 0 Å². The number of nitrogens with one attached hydrogen (secondary N) is 1. The second-order valence-corrected chi connectivity index (χ2v) is 4.65. The Bertz CT molecular complexity index is 539. The van der Waals surface area contributed by atoms with Crippen LogP contribution < -0.4 is 5.32 Å². The van der Waals surface area contributed by atoms with Crippen molar-refractivity contribution in [1.29, 1.82) is 0 Å². The summed E-state index contributed by atoms with van der Waals surface area (Å²) in [4.78, 5) is 4.01. The first-order valence-corrected chi connectivity index (χ1v) is 6.09. The van der Waals surface area contributed by atoms with Crippen LogP contribution in [0.1, 0.15) is 5.89 Å². The van der Waals surface area contributed by atoms with E-state index < -0.39 is 12.7 Å². The van der Waals surface area contributed by atoms with Crippen LogP contribution in [-0.4, -0.2) is 22.9 Å². The maximum absolute atomic E-state index is 11.9. The van der Waals surface area contributed by atoms with E-state index in [0.717, 1.165) is 10.0 Å². The molecule has 0 bridgehead atoms. The molecule has 0 unspecified atom stereocenters. The van der Waals surface area contributed by atoms with Crippen molar-refractivity contribution in [2.45, 2.75) is 12.7 Å². The third kappa shape index (κ3) is 4.32. The molecule has 19 heavy (non-hydrogen) atoms. The van der Waals surface area contributed by atoms with E-state index in [1.807, 2.05) is 12.1 Å². The Hall–Kier alpha value is -1.41. The molecular formula is C11H9BrF3N3O. The lowest BCUT2D eigenvalue weighted by atomic mass is 10.2. The lowest BCUT2D eigenvalue weighted by Crippen LogP contribution is -2.28. The van der Waals surface area contributed by atoms with Gasteiger partial charge in [-0.2, -0.15) is 18.2 Å². The molecule has 0 fully saturated rings. The molecule has 0 saturated heterocycles. The first-order valence-electron chi connectivity index (χ1n) is 5.30. The quantitative estimate of drug-likeness (QED) is 0.932. The minimum Gasteiger partial charge on any atom is -0.338 e. The van der Waals surface area contributed by atoms with Crippen LogP contribution in [0.15, 0.2) is 33.3 Å². The van der Waals surface area contributed by atoms with Gasteiger partial charge in [-0.1, -0.05) is 21.1 Å². The number of alkyl halides is 3. The van der Waals surface area contributed by atoms with Gasteiger partial charge < -0.3 is 9.84 Å². The number of aromatic nitrogens is 2. The van der Waals surface area contributed by atoms with Crippen molar-refractivity contribution in [3.8, 4) is 11.4 Å². The smallest absolute Gasteiger partial charge is 0.338 e. The third-order valence-electron chi connectivity index (χ3n) is 2.17. The molecule has 102 valence electrons. The molecular weight excluding hydrogens is 327 g/mol. The van der Waals surface area contributed by atoms with Gasteiger partial charge in [-0.25, -0.2) is 0 Å². The minimum absolute atomic E-state index is 0.113. The average molecular weight is 336 g/mol. The summed E-state index contributed by atoms with van der Waals surface area (Å²) in [6.07, 6.45) is -4.26. The van der Waals surface area contributed by atoms with Crippen molar-refractivity contribution in [3.05, 3.63) is 34.6 Å². The van der Waals surface area contributed by atoms with Gasteiger partial charge in [-0.05, 0) is 24.3 Å². The van der Waals surface area contributed by atoms with Crippen LogP contribution >= 0.6 is 15.9 Å². The van der Waals surface area contributed by atoms with Gasteiger partial charge in [0.1, 0.15) is 0 Å². The Kier molecular flexibility index (Phi) is 4.20. The fraction of sp³-hybridized carbons (Fsp3) is 0.273. The third-order valence-corrected chi connectivity index (χ3v) is 2.70. The van der Waals surface area contributed by atoms with Crippen LogP contribution in [0.2, 0.25) is 0 Å². The normalized spacial score (nSPS) is 11.8. The number of nitrogens with zero attached hydrogens (tertiary/aromatic N) is 2. The van der Waals surface area contributed by atoms with Gasteiger partial charge in [-0.15, -0.1) is 0 Å². The van der Waals surface area contributed by atoms with Gasteiger partial charge >= 0.3 is 6.18 Å².